The molecule has 0 fully saturated rings. The van der Waals surface area contributed by atoms with Crippen LogP contribution in [0.5, 0.6) is 0 Å². The Morgan fingerprint density at radius 3 is 2.63 bits per heavy atom. The molecule has 1 heterocycles. The van der Waals surface area contributed by atoms with Crippen molar-refractivity contribution in [1.82, 2.24) is 15.3 Å². The normalized spacial score (nSPS) is 10.7. The van der Waals surface area contributed by atoms with Gasteiger partial charge in [0.15, 0.2) is 5.16 Å². The largest absolute Gasteiger partial charge is 0.313 e. The zero-order valence-electron chi connectivity index (χ0n) is 11.0. The SMILES string of the molecule is CCNCc1ccc(Sc2ncc(C)cn2)cc1Br. The van der Waals surface area contributed by atoms with Gasteiger partial charge in [0.2, 0.25) is 0 Å². The Balaban J connectivity index is 2.09. The first-order valence-electron chi connectivity index (χ1n) is 6.14. The fourth-order valence-corrected chi connectivity index (χ4v) is 2.94. The molecule has 100 valence electrons. The second-order valence-corrected chi connectivity index (χ2v) is 6.07. The van der Waals surface area contributed by atoms with Gasteiger partial charge < -0.3 is 5.32 Å². The summed E-state index contributed by atoms with van der Waals surface area (Å²) < 4.78 is 1.12. The third-order valence-corrected chi connectivity index (χ3v) is 4.18. The zero-order valence-corrected chi connectivity index (χ0v) is 13.4. The smallest absolute Gasteiger partial charge is 0.192 e. The molecule has 0 saturated carbocycles. The van der Waals surface area contributed by atoms with E-state index in [4.69, 9.17) is 0 Å². The molecule has 19 heavy (non-hydrogen) atoms. The number of halogens is 1. The van der Waals surface area contributed by atoms with Gasteiger partial charge in [0, 0.05) is 28.3 Å². The van der Waals surface area contributed by atoms with Crippen molar-refractivity contribution in [2.75, 3.05) is 6.54 Å². The van der Waals surface area contributed by atoms with E-state index in [0.29, 0.717) is 0 Å². The lowest BCUT2D eigenvalue weighted by Gasteiger charge is -2.07. The van der Waals surface area contributed by atoms with Crippen LogP contribution in [0.15, 0.2) is 45.1 Å². The Labute approximate surface area is 126 Å². The first-order chi connectivity index (χ1) is 9.19. The van der Waals surface area contributed by atoms with Crippen LogP contribution in [0.25, 0.3) is 0 Å². The van der Waals surface area contributed by atoms with E-state index in [1.54, 1.807) is 11.8 Å². The average molecular weight is 338 g/mol. The number of hydrogen-bond acceptors (Lipinski definition) is 4. The fourth-order valence-electron chi connectivity index (χ4n) is 1.53. The predicted octanol–water partition coefficient (Wildman–Crippen LogP) is 3.81. The predicted molar refractivity (Wildman–Crippen MR) is 82.4 cm³/mol. The van der Waals surface area contributed by atoms with Crippen LogP contribution < -0.4 is 5.32 Å². The van der Waals surface area contributed by atoms with E-state index in [0.717, 1.165) is 33.2 Å². The Morgan fingerprint density at radius 2 is 2.00 bits per heavy atom. The molecule has 0 amide bonds. The summed E-state index contributed by atoms with van der Waals surface area (Å²) in [5.41, 5.74) is 2.34. The molecule has 2 rings (SSSR count). The molecule has 5 heteroatoms. The van der Waals surface area contributed by atoms with Crippen LogP contribution in [-0.2, 0) is 6.54 Å². The monoisotopic (exact) mass is 337 g/mol. The molecule has 2 aromatic rings. The summed E-state index contributed by atoms with van der Waals surface area (Å²) >= 11 is 5.18. The van der Waals surface area contributed by atoms with Crippen molar-refractivity contribution < 1.29 is 0 Å². The molecule has 0 radical (unpaired) electrons. The minimum Gasteiger partial charge on any atom is -0.313 e. The maximum Gasteiger partial charge on any atom is 0.192 e. The first kappa shape index (κ1) is 14.5. The second kappa shape index (κ2) is 7.03. The van der Waals surface area contributed by atoms with Crippen LogP contribution >= 0.6 is 27.7 Å². The summed E-state index contributed by atoms with van der Waals surface area (Å²) in [6.07, 6.45) is 3.67. The minimum absolute atomic E-state index is 0.775. The van der Waals surface area contributed by atoms with Gasteiger partial charge in [-0.15, -0.1) is 0 Å². The molecular weight excluding hydrogens is 322 g/mol. The van der Waals surface area contributed by atoms with Crippen LogP contribution in [0.2, 0.25) is 0 Å². The molecule has 0 spiro atoms. The van der Waals surface area contributed by atoms with Crippen molar-refractivity contribution in [3.63, 3.8) is 0 Å². The number of benzene rings is 1. The highest BCUT2D eigenvalue weighted by atomic mass is 79.9. The molecule has 0 atom stereocenters. The number of aryl methyl sites for hydroxylation is 1. The Morgan fingerprint density at radius 1 is 1.26 bits per heavy atom. The Bertz CT molecular complexity index is 543. The third kappa shape index (κ3) is 4.30. The van der Waals surface area contributed by atoms with Gasteiger partial charge in [-0.2, -0.15) is 0 Å². The van der Waals surface area contributed by atoms with Gasteiger partial charge in [-0.25, -0.2) is 9.97 Å². The zero-order chi connectivity index (χ0) is 13.7. The van der Waals surface area contributed by atoms with Crippen LogP contribution in [0.3, 0.4) is 0 Å². The first-order valence-corrected chi connectivity index (χ1v) is 7.75. The van der Waals surface area contributed by atoms with E-state index in [1.807, 2.05) is 19.3 Å². The fraction of sp³-hybridized carbons (Fsp3) is 0.286. The van der Waals surface area contributed by atoms with Crippen LogP contribution in [0, 0.1) is 6.92 Å². The van der Waals surface area contributed by atoms with Gasteiger partial charge in [0.05, 0.1) is 0 Å². The number of aromatic nitrogens is 2. The maximum atomic E-state index is 4.30. The summed E-state index contributed by atoms with van der Waals surface area (Å²) in [6, 6.07) is 6.34. The highest BCUT2D eigenvalue weighted by molar-refractivity contribution is 9.10. The number of nitrogens with one attached hydrogen (secondary N) is 1. The molecular formula is C14H16BrN3S. The summed E-state index contributed by atoms with van der Waals surface area (Å²) in [5.74, 6) is 0. The molecule has 1 aromatic carbocycles. The van der Waals surface area contributed by atoms with E-state index < -0.39 is 0 Å². The van der Waals surface area contributed by atoms with Crippen molar-refractivity contribution in [1.29, 1.82) is 0 Å². The van der Waals surface area contributed by atoms with Gasteiger partial charge in [-0.05, 0) is 48.5 Å². The van der Waals surface area contributed by atoms with E-state index in [1.165, 1.54) is 5.56 Å². The van der Waals surface area contributed by atoms with E-state index >= 15 is 0 Å². The third-order valence-electron chi connectivity index (χ3n) is 2.56. The highest BCUT2D eigenvalue weighted by Crippen LogP contribution is 2.28. The summed E-state index contributed by atoms with van der Waals surface area (Å²) in [5, 5.41) is 4.09. The van der Waals surface area contributed by atoms with E-state index in [9.17, 15) is 0 Å². The number of nitrogens with zero attached hydrogens (tertiary/aromatic N) is 2. The van der Waals surface area contributed by atoms with Crippen LogP contribution in [0.1, 0.15) is 18.1 Å². The van der Waals surface area contributed by atoms with Crippen LogP contribution in [-0.4, -0.2) is 16.5 Å². The van der Waals surface area contributed by atoms with E-state index in [2.05, 4.69) is 56.3 Å². The molecule has 1 aromatic heterocycles. The summed E-state index contributed by atoms with van der Waals surface area (Å²) in [6.45, 7) is 5.94. The van der Waals surface area contributed by atoms with Crippen molar-refractivity contribution in [3.05, 3.63) is 46.2 Å². The molecule has 0 aliphatic rings. The lowest BCUT2D eigenvalue weighted by molar-refractivity contribution is 0.724. The Hall–Kier alpha value is -0.910. The number of rotatable bonds is 5. The lowest BCUT2D eigenvalue weighted by Crippen LogP contribution is -2.11. The van der Waals surface area contributed by atoms with Gasteiger partial charge in [-0.3, -0.25) is 0 Å². The average Bonchev–Trinajstić information content (AvgIpc) is 2.41. The Kier molecular flexibility index (Phi) is 5.36. The molecule has 0 bridgehead atoms. The molecule has 3 nitrogen and oxygen atoms in total. The molecule has 0 saturated heterocycles. The minimum atomic E-state index is 0.775. The molecule has 0 unspecified atom stereocenters. The lowest BCUT2D eigenvalue weighted by atomic mass is 10.2. The van der Waals surface area contributed by atoms with Crippen molar-refractivity contribution in [3.8, 4) is 0 Å². The standard InChI is InChI=1S/C14H16BrN3S/c1-3-16-9-11-4-5-12(6-13(11)15)19-14-17-7-10(2)8-18-14/h4-8,16H,3,9H2,1-2H3. The molecule has 1 N–H and O–H groups in total. The summed E-state index contributed by atoms with van der Waals surface area (Å²) in [4.78, 5) is 9.73. The quantitative estimate of drug-likeness (QED) is 0.842. The van der Waals surface area contributed by atoms with E-state index in [-0.39, 0.29) is 0 Å². The van der Waals surface area contributed by atoms with Crippen molar-refractivity contribution in [2.45, 2.75) is 30.4 Å². The maximum absolute atomic E-state index is 4.30. The molecule has 0 aliphatic carbocycles. The van der Waals surface area contributed by atoms with Gasteiger partial charge in [0.25, 0.3) is 0 Å². The molecule has 0 aliphatic heterocycles. The number of hydrogen-bond donors (Lipinski definition) is 1. The second-order valence-electron chi connectivity index (χ2n) is 4.18. The van der Waals surface area contributed by atoms with Crippen LogP contribution in [0.4, 0.5) is 0 Å². The highest BCUT2D eigenvalue weighted by Gasteiger charge is 2.04. The van der Waals surface area contributed by atoms with Crippen molar-refractivity contribution in [2.24, 2.45) is 0 Å². The van der Waals surface area contributed by atoms with Gasteiger partial charge in [-0.1, -0.05) is 28.9 Å². The van der Waals surface area contributed by atoms with Gasteiger partial charge in [0.1, 0.15) is 0 Å². The van der Waals surface area contributed by atoms with Gasteiger partial charge >= 0.3 is 0 Å². The van der Waals surface area contributed by atoms with Crippen molar-refractivity contribution >= 4 is 27.7 Å². The topological polar surface area (TPSA) is 37.8 Å². The summed E-state index contributed by atoms with van der Waals surface area (Å²) in [7, 11) is 0.